The second kappa shape index (κ2) is 7.33. The number of rotatable bonds is 7. The van der Waals surface area contributed by atoms with E-state index in [1.54, 1.807) is 4.68 Å². The van der Waals surface area contributed by atoms with Crippen LogP contribution in [0, 0.1) is 13.8 Å². The zero-order chi connectivity index (χ0) is 20.0. The summed E-state index contributed by atoms with van der Waals surface area (Å²) in [6, 6.07) is 10.5. The van der Waals surface area contributed by atoms with Crippen LogP contribution in [0.5, 0.6) is 0 Å². The van der Waals surface area contributed by atoms with Crippen LogP contribution in [-0.4, -0.2) is 36.2 Å². The first-order valence-corrected chi connectivity index (χ1v) is 11.1. The highest BCUT2D eigenvalue weighted by Crippen LogP contribution is 2.46. The SMILES string of the molecule is Cc1ccc(-n2nc(C)cc2NC(=O)CSc2nnc(C3CC3)n2C2CC2)cc1. The molecule has 1 amide bonds. The molecule has 29 heavy (non-hydrogen) atoms. The molecule has 2 heterocycles. The molecule has 0 unspecified atom stereocenters. The quantitative estimate of drug-likeness (QED) is 0.598. The summed E-state index contributed by atoms with van der Waals surface area (Å²) < 4.78 is 4.05. The third kappa shape index (κ3) is 3.94. The molecule has 0 bridgehead atoms. The van der Waals surface area contributed by atoms with E-state index < -0.39 is 0 Å². The van der Waals surface area contributed by atoms with Crippen LogP contribution in [0.4, 0.5) is 5.82 Å². The highest BCUT2D eigenvalue weighted by atomic mass is 32.2. The molecule has 8 heteroatoms. The van der Waals surface area contributed by atoms with E-state index in [1.807, 2.05) is 44.2 Å². The van der Waals surface area contributed by atoms with Gasteiger partial charge in [-0.2, -0.15) is 5.10 Å². The number of carbonyl (C=O) groups is 1. The van der Waals surface area contributed by atoms with Crippen molar-refractivity contribution >= 4 is 23.5 Å². The maximum atomic E-state index is 12.7. The van der Waals surface area contributed by atoms with Gasteiger partial charge in [0, 0.05) is 18.0 Å². The number of nitrogens with zero attached hydrogens (tertiary/aromatic N) is 5. The molecule has 2 aliphatic carbocycles. The van der Waals surface area contributed by atoms with Gasteiger partial charge in [-0.25, -0.2) is 4.68 Å². The zero-order valence-corrected chi connectivity index (χ0v) is 17.4. The van der Waals surface area contributed by atoms with Gasteiger partial charge in [-0.15, -0.1) is 10.2 Å². The molecule has 0 spiro atoms. The van der Waals surface area contributed by atoms with Crippen LogP contribution < -0.4 is 5.32 Å². The van der Waals surface area contributed by atoms with Crippen molar-refractivity contribution in [2.45, 2.75) is 56.6 Å². The summed E-state index contributed by atoms with van der Waals surface area (Å²) in [7, 11) is 0. The number of thioether (sulfide) groups is 1. The Bertz CT molecular complexity index is 1050. The molecule has 0 aliphatic heterocycles. The molecule has 2 aromatic heterocycles. The monoisotopic (exact) mass is 408 g/mol. The lowest BCUT2D eigenvalue weighted by Gasteiger charge is -2.10. The highest BCUT2D eigenvalue weighted by molar-refractivity contribution is 7.99. The average Bonchev–Trinajstić information content (AvgIpc) is 3.63. The Morgan fingerprint density at radius 1 is 1.14 bits per heavy atom. The van der Waals surface area contributed by atoms with Crippen molar-refractivity contribution in [3.8, 4) is 5.69 Å². The number of aromatic nitrogens is 5. The fourth-order valence-corrected chi connectivity index (χ4v) is 4.28. The summed E-state index contributed by atoms with van der Waals surface area (Å²) in [6.45, 7) is 3.97. The third-order valence-corrected chi connectivity index (χ3v) is 6.20. The van der Waals surface area contributed by atoms with E-state index in [4.69, 9.17) is 0 Å². The minimum Gasteiger partial charge on any atom is -0.310 e. The molecule has 0 atom stereocenters. The van der Waals surface area contributed by atoms with Crippen molar-refractivity contribution in [1.29, 1.82) is 0 Å². The third-order valence-electron chi connectivity index (χ3n) is 5.26. The Labute approximate surface area is 173 Å². The van der Waals surface area contributed by atoms with Crippen LogP contribution >= 0.6 is 11.8 Å². The molecular formula is C21H24N6OS. The maximum absolute atomic E-state index is 12.7. The molecule has 7 nitrogen and oxygen atoms in total. The van der Waals surface area contributed by atoms with Crippen molar-refractivity contribution in [2.24, 2.45) is 0 Å². The summed E-state index contributed by atoms with van der Waals surface area (Å²) in [5, 5.41) is 17.2. The maximum Gasteiger partial charge on any atom is 0.236 e. The van der Waals surface area contributed by atoms with Crippen LogP contribution in [0.1, 0.15) is 54.7 Å². The molecular weight excluding hydrogens is 384 g/mol. The van der Waals surface area contributed by atoms with Crippen molar-refractivity contribution in [1.82, 2.24) is 24.5 Å². The number of nitrogens with one attached hydrogen (secondary N) is 1. The molecule has 0 radical (unpaired) electrons. The number of benzene rings is 1. The predicted octanol–water partition coefficient (Wildman–Crippen LogP) is 4.02. The van der Waals surface area contributed by atoms with Crippen LogP contribution in [0.15, 0.2) is 35.5 Å². The largest absolute Gasteiger partial charge is 0.310 e. The van der Waals surface area contributed by atoms with Crippen LogP contribution in [-0.2, 0) is 4.79 Å². The molecule has 150 valence electrons. The van der Waals surface area contributed by atoms with E-state index >= 15 is 0 Å². The Kier molecular flexibility index (Phi) is 4.66. The number of hydrogen-bond acceptors (Lipinski definition) is 5. The predicted molar refractivity (Wildman–Crippen MR) is 113 cm³/mol. The number of hydrogen-bond donors (Lipinski definition) is 1. The first-order valence-electron chi connectivity index (χ1n) is 10.1. The molecule has 2 saturated carbocycles. The van der Waals surface area contributed by atoms with Crippen molar-refractivity contribution < 1.29 is 4.79 Å². The Balaban J connectivity index is 1.28. The fraction of sp³-hybridized carbons (Fsp3) is 0.429. The number of amides is 1. The molecule has 3 aromatic rings. The van der Waals surface area contributed by atoms with Crippen LogP contribution in [0.2, 0.25) is 0 Å². The number of aryl methyl sites for hydroxylation is 2. The van der Waals surface area contributed by atoms with Gasteiger partial charge in [-0.1, -0.05) is 29.5 Å². The smallest absolute Gasteiger partial charge is 0.236 e. The minimum atomic E-state index is -0.0680. The van der Waals surface area contributed by atoms with Gasteiger partial charge >= 0.3 is 0 Å². The lowest BCUT2D eigenvalue weighted by Crippen LogP contribution is -2.17. The van der Waals surface area contributed by atoms with E-state index in [2.05, 4.69) is 25.2 Å². The second-order valence-corrected chi connectivity index (χ2v) is 8.91. The van der Waals surface area contributed by atoms with Crippen molar-refractivity contribution in [2.75, 3.05) is 11.1 Å². The first-order chi connectivity index (χ1) is 14.1. The van der Waals surface area contributed by atoms with E-state index in [9.17, 15) is 4.79 Å². The summed E-state index contributed by atoms with van der Waals surface area (Å²) >= 11 is 1.47. The Hall–Kier alpha value is -2.61. The minimum absolute atomic E-state index is 0.0680. The van der Waals surface area contributed by atoms with E-state index in [1.165, 1.54) is 43.0 Å². The van der Waals surface area contributed by atoms with Gasteiger partial charge in [-0.05, 0) is 51.7 Å². The Morgan fingerprint density at radius 2 is 1.90 bits per heavy atom. The van der Waals surface area contributed by atoms with Crippen molar-refractivity contribution in [3.63, 3.8) is 0 Å². The highest BCUT2D eigenvalue weighted by Gasteiger charge is 2.36. The number of carbonyl (C=O) groups excluding carboxylic acids is 1. The van der Waals surface area contributed by atoms with Crippen LogP contribution in [0.3, 0.4) is 0 Å². The van der Waals surface area contributed by atoms with Gasteiger partial charge in [-0.3, -0.25) is 4.79 Å². The van der Waals surface area contributed by atoms with Gasteiger partial charge in [0.05, 0.1) is 17.1 Å². The van der Waals surface area contributed by atoms with E-state index in [-0.39, 0.29) is 5.91 Å². The molecule has 1 N–H and O–H groups in total. The standard InChI is InChI=1S/C21H24N6OS/c1-13-3-7-17(8-4-13)27-18(11-14(2)25-27)22-19(28)12-29-21-24-23-20(15-5-6-15)26(21)16-9-10-16/h3-4,7-8,11,15-16H,5-6,9-10,12H2,1-2H3,(H,22,28). The van der Waals surface area contributed by atoms with Gasteiger partial charge in [0.2, 0.25) is 5.91 Å². The number of anilines is 1. The first kappa shape index (κ1) is 18.4. The van der Waals surface area contributed by atoms with E-state index in [0.717, 1.165) is 22.4 Å². The topological polar surface area (TPSA) is 77.6 Å². The zero-order valence-electron chi connectivity index (χ0n) is 16.6. The average molecular weight is 409 g/mol. The molecule has 2 fully saturated rings. The molecule has 0 saturated heterocycles. The molecule has 5 rings (SSSR count). The lowest BCUT2D eigenvalue weighted by atomic mass is 10.2. The fourth-order valence-electron chi connectivity index (χ4n) is 3.46. The van der Waals surface area contributed by atoms with E-state index in [0.29, 0.717) is 23.5 Å². The summed E-state index contributed by atoms with van der Waals surface area (Å²) in [6.07, 6.45) is 4.79. The summed E-state index contributed by atoms with van der Waals surface area (Å²) in [5.74, 6) is 2.59. The van der Waals surface area contributed by atoms with Crippen LogP contribution in [0.25, 0.3) is 5.69 Å². The van der Waals surface area contributed by atoms with Gasteiger partial charge < -0.3 is 9.88 Å². The second-order valence-electron chi connectivity index (χ2n) is 7.97. The van der Waals surface area contributed by atoms with Gasteiger partial charge in [0.15, 0.2) is 5.16 Å². The summed E-state index contributed by atoms with van der Waals surface area (Å²) in [5.41, 5.74) is 2.97. The Morgan fingerprint density at radius 3 is 2.59 bits per heavy atom. The molecule has 1 aromatic carbocycles. The normalized spacial score (nSPS) is 16.2. The molecule has 2 aliphatic rings. The summed E-state index contributed by atoms with van der Waals surface area (Å²) in [4.78, 5) is 12.7. The van der Waals surface area contributed by atoms with Crippen molar-refractivity contribution in [3.05, 3.63) is 47.4 Å². The lowest BCUT2D eigenvalue weighted by molar-refractivity contribution is -0.113. The van der Waals surface area contributed by atoms with Gasteiger partial charge in [0.1, 0.15) is 11.6 Å². The van der Waals surface area contributed by atoms with Gasteiger partial charge in [0.25, 0.3) is 0 Å².